The van der Waals surface area contributed by atoms with E-state index >= 15 is 0 Å². The Morgan fingerprint density at radius 1 is 1.69 bits per heavy atom. The van der Waals surface area contributed by atoms with Crippen molar-refractivity contribution in [1.82, 2.24) is 4.98 Å². The first-order valence-electron chi connectivity index (χ1n) is 4.98. The molecule has 4 nitrogen and oxygen atoms in total. The van der Waals surface area contributed by atoms with Gasteiger partial charge in [-0.1, -0.05) is 0 Å². The van der Waals surface area contributed by atoms with Gasteiger partial charge in [-0.15, -0.1) is 0 Å². The minimum absolute atomic E-state index is 0.458. The van der Waals surface area contributed by atoms with E-state index in [4.69, 9.17) is 9.84 Å². The number of hydrogen-bond acceptors (Lipinski definition) is 3. The van der Waals surface area contributed by atoms with Crippen molar-refractivity contribution < 1.29 is 14.6 Å². The summed E-state index contributed by atoms with van der Waals surface area (Å²) in [6, 6.07) is 3.68. The molecular weight excluding hydrogens is 274 g/mol. The fraction of sp³-hybridized carbons (Fsp3) is 0.455. The third-order valence-corrected chi connectivity index (χ3v) is 3.62. The van der Waals surface area contributed by atoms with Crippen LogP contribution < -0.4 is 0 Å². The number of hydrogen-bond donors (Lipinski definition) is 1. The summed E-state index contributed by atoms with van der Waals surface area (Å²) in [4.78, 5) is 15.4. The molecule has 1 atom stereocenters. The average molecular weight is 286 g/mol. The fourth-order valence-corrected chi connectivity index (χ4v) is 2.72. The minimum Gasteiger partial charge on any atom is -0.479 e. The van der Waals surface area contributed by atoms with Crippen LogP contribution in [-0.2, 0) is 14.9 Å². The molecule has 1 aliphatic rings. The number of aromatic nitrogens is 1. The number of carbonyl (C=O) groups is 1. The fourth-order valence-electron chi connectivity index (χ4n) is 2.07. The van der Waals surface area contributed by atoms with Crippen molar-refractivity contribution in [3.05, 3.63) is 28.5 Å². The third-order valence-electron chi connectivity index (χ3n) is 2.98. The molecule has 1 aliphatic carbocycles. The lowest BCUT2D eigenvalue weighted by Gasteiger charge is -2.22. The molecule has 1 saturated carbocycles. The molecule has 1 aromatic heterocycles. The number of methoxy groups -OCH3 is 1. The number of aliphatic carboxylic acids is 1. The van der Waals surface area contributed by atoms with E-state index in [0.29, 0.717) is 0 Å². The van der Waals surface area contributed by atoms with Gasteiger partial charge in [0.25, 0.3) is 0 Å². The molecule has 1 N–H and O–H groups in total. The van der Waals surface area contributed by atoms with Crippen LogP contribution in [0.4, 0.5) is 0 Å². The van der Waals surface area contributed by atoms with Gasteiger partial charge in [0.15, 0.2) is 6.10 Å². The van der Waals surface area contributed by atoms with Crippen molar-refractivity contribution >= 4 is 21.9 Å². The van der Waals surface area contributed by atoms with E-state index in [2.05, 4.69) is 20.9 Å². The second kappa shape index (κ2) is 4.14. The monoisotopic (exact) mass is 285 g/mol. The van der Waals surface area contributed by atoms with Gasteiger partial charge in [0.1, 0.15) is 0 Å². The first-order valence-corrected chi connectivity index (χ1v) is 5.78. The summed E-state index contributed by atoms with van der Waals surface area (Å²) in [5.74, 6) is -0.933. The summed E-state index contributed by atoms with van der Waals surface area (Å²) in [6.07, 6.45) is 2.45. The SMILES string of the molecule is COC(C(=O)O)C1(c2ncccc2Br)CC1. The zero-order valence-corrected chi connectivity index (χ0v) is 10.4. The van der Waals surface area contributed by atoms with Gasteiger partial charge in [-0.3, -0.25) is 4.98 Å². The van der Waals surface area contributed by atoms with Crippen LogP contribution in [0.15, 0.2) is 22.8 Å². The zero-order valence-electron chi connectivity index (χ0n) is 8.81. The van der Waals surface area contributed by atoms with E-state index in [1.165, 1.54) is 7.11 Å². The van der Waals surface area contributed by atoms with Gasteiger partial charge in [-0.2, -0.15) is 0 Å². The predicted molar refractivity (Wildman–Crippen MR) is 61.3 cm³/mol. The van der Waals surface area contributed by atoms with Gasteiger partial charge in [0.2, 0.25) is 0 Å². The van der Waals surface area contributed by atoms with E-state index in [0.717, 1.165) is 23.0 Å². The van der Waals surface area contributed by atoms with Crippen LogP contribution in [0.3, 0.4) is 0 Å². The first-order chi connectivity index (χ1) is 7.62. The molecule has 86 valence electrons. The van der Waals surface area contributed by atoms with Crippen molar-refractivity contribution in [3.8, 4) is 0 Å². The molecule has 5 heteroatoms. The molecule has 0 amide bonds. The Morgan fingerprint density at radius 2 is 2.38 bits per heavy atom. The van der Waals surface area contributed by atoms with Gasteiger partial charge in [-0.05, 0) is 40.9 Å². The molecule has 0 spiro atoms. The van der Waals surface area contributed by atoms with Crippen molar-refractivity contribution in [2.45, 2.75) is 24.4 Å². The average Bonchev–Trinajstić information content (AvgIpc) is 3.00. The summed E-state index contributed by atoms with van der Waals surface area (Å²) in [6.45, 7) is 0. The van der Waals surface area contributed by atoms with Crippen LogP contribution in [0.25, 0.3) is 0 Å². The number of carboxylic acid groups (broad SMARTS) is 1. The Labute approximate surface area is 102 Å². The number of halogens is 1. The highest BCUT2D eigenvalue weighted by Crippen LogP contribution is 2.53. The quantitative estimate of drug-likeness (QED) is 0.919. The van der Waals surface area contributed by atoms with Crippen molar-refractivity contribution in [2.75, 3.05) is 7.11 Å². The van der Waals surface area contributed by atoms with Crippen LogP contribution in [0.5, 0.6) is 0 Å². The summed E-state index contributed by atoms with van der Waals surface area (Å²) in [5, 5.41) is 9.13. The van der Waals surface area contributed by atoms with Crippen LogP contribution in [0.2, 0.25) is 0 Å². The van der Waals surface area contributed by atoms with E-state index in [1.54, 1.807) is 6.20 Å². The maximum Gasteiger partial charge on any atom is 0.333 e. The van der Waals surface area contributed by atoms with Crippen molar-refractivity contribution in [2.24, 2.45) is 0 Å². The first kappa shape index (κ1) is 11.5. The number of rotatable bonds is 4. The Kier molecular flexibility index (Phi) is 2.99. The number of ether oxygens (including phenoxy) is 1. The highest BCUT2D eigenvalue weighted by atomic mass is 79.9. The maximum atomic E-state index is 11.1. The molecule has 16 heavy (non-hydrogen) atoms. The van der Waals surface area contributed by atoms with E-state index in [9.17, 15) is 4.79 Å². The van der Waals surface area contributed by atoms with Gasteiger partial charge < -0.3 is 9.84 Å². The van der Waals surface area contributed by atoms with Gasteiger partial charge in [0.05, 0.1) is 11.1 Å². The number of pyridine rings is 1. The smallest absolute Gasteiger partial charge is 0.333 e. The second-order valence-corrected chi connectivity index (χ2v) is 4.80. The molecule has 0 bridgehead atoms. The standard InChI is InChI=1S/C11H12BrNO3/c1-16-9(10(14)15)11(4-5-11)8-7(12)3-2-6-13-8/h2-3,6,9H,4-5H2,1H3,(H,14,15). The zero-order chi connectivity index (χ0) is 11.8. The molecular formula is C11H12BrNO3. The number of carboxylic acids is 1. The van der Waals surface area contributed by atoms with Crippen molar-refractivity contribution in [3.63, 3.8) is 0 Å². The summed E-state index contributed by atoms with van der Waals surface area (Å²) in [7, 11) is 1.43. The molecule has 0 saturated heterocycles. The maximum absolute atomic E-state index is 11.1. The number of nitrogens with zero attached hydrogens (tertiary/aromatic N) is 1. The molecule has 1 unspecified atom stereocenters. The third kappa shape index (κ3) is 1.74. The van der Waals surface area contributed by atoms with Crippen molar-refractivity contribution in [1.29, 1.82) is 0 Å². The van der Waals surface area contributed by atoms with E-state index in [-0.39, 0.29) is 0 Å². The second-order valence-electron chi connectivity index (χ2n) is 3.94. The molecule has 1 aromatic rings. The van der Waals surface area contributed by atoms with Crippen LogP contribution in [0, 0.1) is 0 Å². The Balaban J connectivity index is 2.39. The van der Waals surface area contributed by atoms with Crippen LogP contribution in [0.1, 0.15) is 18.5 Å². The molecule has 0 aliphatic heterocycles. The summed E-state index contributed by atoms with van der Waals surface area (Å²) < 4.78 is 5.93. The van der Waals surface area contributed by atoms with Gasteiger partial charge >= 0.3 is 5.97 Å². The van der Waals surface area contributed by atoms with Gasteiger partial charge in [0, 0.05) is 17.8 Å². The lowest BCUT2D eigenvalue weighted by molar-refractivity contribution is -0.150. The Hall–Kier alpha value is -0.940. The lowest BCUT2D eigenvalue weighted by atomic mass is 9.94. The predicted octanol–water partition coefficient (Wildman–Crippen LogP) is 1.98. The highest BCUT2D eigenvalue weighted by Gasteiger charge is 2.56. The largest absolute Gasteiger partial charge is 0.479 e. The lowest BCUT2D eigenvalue weighted by Crippen LogP contribution is -2.36. The van der Waals surface area contributed by atoms with E-state index < -0.39 is 17.5 Å². The van der Waals surface area contributed by atoms with E-state index in [1.807, 2.05) is 12.1 Å². The normalized spacial score (nSPS) is 19.1. The van der Waals surface area contributed by atoms with Crippen LogP contribution >= 0.6 is 15.9 Å². The molecule has 0 aromatic carbocycles. The topological polar surface area (TPSA) is 59.4 Å². The Morgan fingerprint density at radius 3 is 2.81 bits per heavy atom. The molecule has 1 fully saturated rings. The molecule has 1 heterocycles. The Bertz CT molecular complexity index is 417. The summed E-state index contributed by atoms with van der Waals surface area (Å²) >= 11 is 3.41. The highest BCUT2D eigenvalue weighted by molar-refractivity contribution is 9.10. The molecule has 2 rings (SSSR count). The summed E-state index contributed by atoms with van der Waals surface area (Å²) in [5.41, 5.74) is 0.324. The molecule has 0 radical (unpaired) electrons. The minimum atomic E-state index is -0.933. The van der Waals surface area contributed by atoms with Gasteiger partial charge in [-0.25, -0.2) is 4.79 Å². The van der Waals surface area contributed by atoms with Crippen LogP contribution in [-0.4, -0.2) is 29.3 Å².